The van der Waals surface area contributed by atoms with E-state index in [4.69, 9.17) is 10.5 Å². The molecule has 0 saturated carbocycles. The van der Waals surface area contributed by atoms with Gasteiger partial charge in [0.05, 0.1) is 17.2 Å². The first-order valence-corrected chi connectivity index (χ1v) is 4.89. The minimum absolute atomic E-state index is 0.265. The maximum absolute atomic E-state index is 12.2. The lowest BCUT2D eigenvalue weighted by atomic mass is 10.2. The van der Waals surface area contributed by atoms with Gasteiger partial charge in [0, 0.05) is 6.42 Å². The molecule has 16 heavy (non-hydrogen) atoms. The fourth-order valence-corrected chi connectivity index (χ4v) is 1.09. The summed E-state index contributed by atoms with van der Waals surface area (Å²) in [5, 5.41) is 0. The summed E-state index contributed by atoms with van der Waals surface area (Å²) in [6, 6.07) is 4.47. The normalized spacial score (nSPS) is 11.2. The third kappa shape index (κ3) is 4.06. The first kappa shape index (κ1) is 12.8. The molecule has 2 N–H and O–H groups in total. The number of halogens is 3. The lowest BCUT2D eigenvalue weighted by molar-refractivity contribution is -0.137. The summed E-state index contributed by atoms with van der Waals surface area (Å²) >= 11 is 4.63. The number of alkyl halides is 3. The van der Waals surface area contributed by atoms with Crippen LogP contribution in [-0.4, -0.2) is 11.6 Å². The van der Waals surface area contributed by atoms with Crippen LogP contribution in [0.2, 0.25) is 0 Å². The van der Waals surface area contributed by atoms with Crippen molar-refractivity contribution in [2.24, 2.45) is 5.73 Å². The van der Waals surface area contributed by atoms with E-state index in [2.05, 4.69) is 12.2 Å². The molecule has 0 bridgehead atoms. The number of hydrogen-bond acceptors (Lipinski definition) is 2. The molecule has 1 aromatic carbocycles. The average molecular weight is 249 g/mol. The lowest BCUT2D eigenvalue weighted by Crippen LogP contribution is -2.12. The van der Waals surface area contributed by atoms with Gasteiger partial charge in [-0.1, -0.05) is 12.2 Å². The first-order chi connectivity index (χ1) is 7.39. The summed E-state index contributed by atoms with van der Waals surface area (Å²) in [5.41, 5.74) is 4.54. The Morgan fingerprint density at radius 3 is 2.25 bits per heavy atom. The van der Waals surface area contributed by atoms with Gasteiger partial charge in [-0.2, -0.15) is 13.2 Å². The molecule has 0 aliphatic rings. The molecule has 0 saturated heterocycles. The number of rotatable bonds is 4. The minimum Gasteiger partial charge on any atom is -0.493 e. The number of thiocarbonyl (C=S) groups is 1. The predicted octanol–water partition coefficient (Wildman–Crippen LogP) is 2.76. The van der Waals surface area contributed by atoms with Crippen LogP contribution in [0.3, 0.4) is 0 Å². The Morgan fingerprint density at radius 1 is 1.25 bits per heavy atom. The Labute approximate surface area is 96.2 Å². The highest BCUT2D eigenvalue weighted by Gasteiger charge is 2.29. The molecule has 0 heterocycles. The zero-order valence-corrected chi connectivity index (χ0v) is 9.07. The fraction of sp³-hybridized carbons (Fsp3) is 0.300. The van der Waals surface area contributed by atoms with E-state index in [9.17, 15) is 13.2 Å². The van der Waals surface area contributed by atoms with Crippen LogP contribution >= 0.6 is 12.2 Å². The summed E-state index contributed by atoms with van der Waals surface area (Å²) in [6.07, 6.45) is -3.92. The maximum Gasteiger partial charge on any atom is 0.416 e. The van der Waals surface area contributed by atoms with Crippen molar-refractivity contribution in [2.45, 2.75) is 12.6 Å². The van der Waals surface area contributed by atoms with Crippen molar-refractivity contribution in [1.82, 2.24) is 0 Å². The molecule has 88 valence electrons. The minimum atomic E-state index is -4.32. The Bertz CT molecular complexity index is 361. The molecular formula is C10H10F3NOS. The van der Waals surface area contributed by atoms with Crippen molar-refractivity contribution in [1.29, 1.82) is 0 Å². The van der Waals surface area contributed by atoms with E-state index in [1.54, 1.807) is 0 Å². The molecule has 0 radical (unpaired) electrons. The van der Waals surface area contributed by atoms with Gasteiger partial charge in [-0.05, 0) is 24.3 Å². The van der Waals surface area contributed by atoms with Crippen LogP contribution in [0, 0.1) is 0 Å². The van der Waals surface area contributed by atoms with Crippen molar-refractivity contribution in [3.63, 3.8) is 0 Å². The predicted molar refractivity (Wildman–Crippen MR) is 58.3 cm³/mol. The van der Waals surface area contributed by atoms with E-state index < -0.39 is 11.7 Å². The quantitative estimate of drug-likeness (QED) is 0.833. The largest absolute Gasteiger partial charge is 0.493 e. The Morgan fingerprint density at radius 2 is 1.81 bits per heavy atom. The number of hydrogen-bond donors (Lipinski definition) is 1. The SMILES string of the molecule is NC(=S)CCOc1ccc(C(F)(F)F)cc1. The van der Waals surface area contributed by atoms with Crippen LogP contribution < -0.4 is 10.5 Å². The van der Waals surface area contributed by atoms with Gasteiger partial charge >= 0.3 is 6.18 Å². The van der Waals surface area contributed by atoms with Gasteiger partial charge in [-0.3, -0.25) is 0 Å². The van der Waals surface area contributed by atoms with E-state index in [1.165, 1.54) is 12.1 Å². The van der Waals surface area contributed by atoms with E-state index in [0.717, 1.165) is 12.1 Å². The van der Waals surface area contributed by atoms with Gasteiger partial charge in [-0.25, -0.2) is 0 Å². The zero-order chi connectivity index (χ0) is 12.2. The molecule has 0 spiro atoms. The molecule has 1 aromatic rings. The standard InChI is InChI=1S/C10H10F3NOS/c11-10(12,13)7-1-3-8(4-2-7)15-6-5-9(14)16/h1-4H,5-6H2,(H2,14,16). The highest BCUT2D eigenvalue weighted by molar-refractivity contribution is 7.80. The molecule has 0 aromatic heterocycles. The van der Waals surface area contributed by atoms with Gasteiger partial charge in [-0.15, -0.1) is 0 Å². The van der Waals surface area contributed by atoms with Crippen LogP contribution in [0.25, 0.3) is 0 Å². The van der Waals surface area contributed by atoms with E-state index >= 15 is 0 Å². The smallest absolute Gasteiger partial charge is 0.416 e. The van der Waals surface area contributed by atoms with Gasteiger partial charge in [0.2, 0.25) is 0 Å². The summed E-state index contributed by atoms with van der Waals surface area (Å²) in [6.45, 7) is 0.265. The summed E-state index contributed by atoms with van der Waals surface area (Å²) < 4.78 is 41.8. The molecule has 0 fully saturated rings. The third-order valence-electron chi connectivity index (χ3n) is 1.80. The van der Waals surface area contributed by atoms with E-state index in [-0.39, 0.29) is 6.61 Å². The van der Waals surface area contributed by atoms with Crippen molar-refractivity contribution >= 4 is 17.2 Å². The molecule has 6 heteroatoms. The second-order valence-electron chi connectivity index (χ2n) is 3.09. The molecule has 1 rings (SSSR count). The first-order valence-electron chi connectivity index (χ1n) is 4.48. The van der Waals surface area contributed by atoms with Crippen LogP contribution in [-0.2, 0) is 6.18 Å². The van der Waals surface area contributed by atoms with E-state index in [0.29, 0.717) is 17.2 Å². The summed E-state index contributed by atoms with van der Waals surface area (Å²) in [4.78, 5) is 0.312. The van der Waals surface area contributed by atoms with Gasteiger partial charge in [0.1, 0.15) is 5.75 Å². The van der Waals surface area contributed by atoms with Crippen LogP contribution in [0.5, 0.6) is 5.75 Å². The summed E-state index contributed by atoms with van der Waals surface area (Å²) in [5.74, 6) is 0.365. The third-order valence-corrected chi connectivity index (χ3v) is 2.00. The van der Waals surface area contributed by atoms with Crippen molar-refractivity contribution in [3.8, 4) is 5.75 Å². The molecule has 0 atom stereocenters. The highest BCUT2D eigenvalue weighted by atomic mass is 32.1. The molecular weight excluding hydrogens is 239 g/mol. The Balaban J connectivity index is 2.55. The van der Waals surface area contributed by atoms with Crippen molar-refractivity contribution in [3.05, 3.63) is 29.8 Å². The topological polar surface area (TPSA) is 35.2 Å². The number of benzene rings is 1. The van der Waals surface area contributed by atoms with Crippen LogP contribution in [0.4, 0.5) is 13.2 Å². The average Bonchev–Trinajstić information content (AvgIpc) is 2.16. The molecule has 0 amide bonds. The van der Waals surface area contributed by atoms with Crippen LogP contribution in [0.1, 0.15) is 12.0 Å². The second-order valence-corrected chi connectivity index (χ2v) is 3.61. The second kappa shape index (κ2) is 5.16. The van der Waals surface area contributed by atoms with Crippen LogP contribution in [0.15, 0.2) is 24.3 Å². The number of nitrogens with two attached hydrogens (primary N) is 1. The lowest BCUT2D eigenvalue weighted by Gasteiger charge is -2.08. The fourth-order valence-electron chi connectivity index (χ4n) is 1.01. The zero-order valence-electron chi connectivity index (χ0n) is 8.25. The van der Waals surface area contributed by atoms with Crippen molar-refractivity contribution in [2.75, 3.05) is 6.61 Å². The van der Waals surface area contributed by atoms with Gasteiger partial charge in [0.25, 0.3) is 0 Å². The maximum atomic E-state index is 12.2. The Hall–Kier alpha value is -1.30. The molecule has 2 nitrogen and oxygen atoms in total. The molecule has 0 aliphatic heterocycles. The van der Waals surface area contributed by atoms with Gasteiger partial charge in [0.15, 0.2) is 0 Å². The number of ether oxygens (including phenoxy) is 1. The molecule has 0 aliphatic carbocycles. The Kier molecular flexibility index (Phi) is 4.12. The highest BCUT2D eigenvalue weighted by Crippen LogP contribution is 2.30. The van der Waals surface area contributed by atoms with Gasteiger partial charge < -0.3 is 10.5 Å². The monoisotopic (exact) mass is 249 g/mol. The van der Waals surface area contributed by atoms with E-state index in [1.807, 2.05) is 0 Å². The molecule has 0 unspecified atom stereocenters. The summed E-state index contributed by atoms with van der Waals surface area (Å²) in [7, 11) is 0. The van der Waals surface area contributed by atoms with Crippen molar-refractivity contribution < 1.29 is 17.9 Å².